The molecule has 3 nitrogen and oxygen atoms in total. The van der Waals surface area contributed by atoms with E-state index in [2.05, 4.69) is 54.6 Å². The second-order valence-electron chi connectivity index (χ2n) is 5.41. The third-order valence-electron chi connectivity index (χ3n) is 3.70. The number of aryl methyl sites for hydroxylation is 3. The third kappa shape index (κ3) is 3.94. The monoisotopic (exact) mass is 271 g/mol. The maximum absolute atomic E-state index is 4.29. The molecule has 1 heterocycles. The van der Waals surface area contributed by atoms with Crippen molar-refractivity contribution < 1.29 is 0 Å². The number of nitrogens with one attached hydrogen (secondary N) is 1. The van der Waals surface area contributed by atoms with Gasteiger partial charge in [-0.2, -0.15) is 5.10 Å². The van der Waals surface area contributed by atoms with E-state index in [1.165, 1.54) is 16.8 Å². The molecule has 0 bridgehead atoms. The molecule has 0 saturated carbocycles. The van der Waals surface area contributed by atoms with Gasteiger partial charge in [0, 0.05) is 19.3 Å². The van der Waals surface area contributed by atoms with Gasteiger partial charge < -0.3 is 5.32 Å². The van der Waals surface area contributed by atoms with Gasteiger partial charge in [-0.25, -0.2) is 0 Å². The number of aromatic nitrogens is 2. The molecule has 108 valence electrons. The molecular formula is C17H25N3. The van der Waals surface area contributed by atoms with Crippen molar-refractivity contribution in [3.05, 3.63) is 53.3 Å². The molecule has 2 rings (SSSR count). The van der Waals surface area contributed by atoms with Crippen LogP contribution < -0.4 is 5.32 Å². The molecule has 20 heavy (non-hydrogen) atoms. The lowest BCUT2D eigenvalue weighted by molar-refractivity contribution is 0.468. The molecule has 1 atom stereocenters. The van der Waals surface area contributed by atoms with Gasteiger partial charge >= 0.3 is 0 Å². The van der Waals surface area contributed by atoms with Crippen molar-refractivity contribution in [1.82, 2.24) is 15.1 Å². The first-order valence-corrected chi connectivity index (χ1v) is 7.47. The Balaban J connectivity index is 2.01. The SMILES string of the molecule is CCCNC(CCc1ccc(C)cc1)c1ccnn1C. The van der Waals surface area contributed by atoms with E-state index in [0.29, 0.717) is 6.04 Å². The van der Waals surface area contributed by atoms with Crippen LogP contribution in [0.15, 0.2) is 36.5 Å². The van der Waals surface area contributed by atoms with Gasteiger partial charge in [-0.15, -0.1) is 0 Å². The minimum atomic E-state index is 0.378. The fourth-order valence-corrected chi connectivity index (χ4v) is 2.46. The Morgan fingerprint density at radius 3 is 2.55 bits per heavy atom. The van der Waals surface area contributed by atoms with E-state index in [9.17, 15) is 0 Å². The molecule has 1 N–H and O–H groups in total. The highest BCUT2D eigenvalue weighted by molar-refractivity contribution is 5.21. The lowest BCUT2D eigenvalue weighted by Crippen LogP contribution is -2.24. The lowest BCUT2D eigenvalue weighted by atomic mass is 10.0. The van der Waals surface area contributed by atoms with Crippen LogP contribution in [0.4, 0.5) is 0 Å². The van der Waals surface area contributed by atoms with E-state index >= 15 is 0 Å². The second kappa shape index (κ2) is 7.25. The van der Waals surface area contributed by atoms with Crippen LogP contribution in [0.1, 0.15) is 42.6 Å². The Kier molecular flexibility index (Phi) is 5.36. The van der Waals surface area contributed by atoms with Crippen molar-refractivity contribution in [2.45, 2.75) is 39.2 Å². The third-order valence-corrected chi connectivity index (χ3v) is 3.70. The number of rotatable bonds is 7. The van der Waals surface area contributed by atoms with Gasteiger partial charge in [0.1, 0.15) is 0 Å². The van der Waals surface area contributed by atoms with Crippen LogP contribution in [-0.2, 0) is 13.5 Å². The molecular weight excluding hydrogens is 246 g/mol. The van der Waals surface area contributed by atoms with Gasteiger partial charge in [0.05, 0.1) is 5.69 Å². The first-order valence-electron chi connectivity index (χ1n) is 7.47. The van der Waals surface area contributed by atoms with Crippen molar-refractivity contribution in [1.29, 1.82) is 0 Å². The average molecular weight is 271 g/mol. The van der Waals surface area contributed by atoms with Gasteiger partial charge in [0.15, 0.2) is 0 Å². The fourth-order valence-electron chi connectivity index (χ4n) is 2.46. The van der Waals surface area contributed by atoms with Gasteiger partial charge in [0.2, 0.25) is 0 Å². The summed E-state index contributed by atoms with van der Waals surface area (Å²) in [6.07, 6.45) is 5.22. The Morgan fingerprint density at radius 2 is 1.95 bits per heavy atom. The van der Waals surface area contributed by atoms with E-state index in [1.807, 2.05) is 17.9 Å². The number of benzene rings is 1. The molecule has 1 aromatic heterocycles. The predicted molar refractivity (Wildman–Crippen MR) is 83.7 cm³/mol. The zero-order valence-electron chi connectivity index (χ0n) is 12.8. The number of nitrogens with zero attached hydrogens (tertiary/aromatic N) is 2. The van der Waals surface area contributed by atoms with Crippen LogP contribution >= 0.6 is 0 Å². The molecule has 0 fully saturated rings. The minimum absolute atomic E-state index is 0.378. The molecule has 0 aliphatic heterocycles. The summed E-state index contributed by atoms with van der Waals surface area (Å²) in [6, 6.07) is 11.3. The first-order chi connectivity index (χ1) is 9.70. The largest absolute Gasteiger partial charge is 0.309 e. The molecule has 1 unspecified atom stereocenters. The van der Waals surface area contributed by atoms with Crippen LogP contribution in [-0.4, -0.2) is 16.3 Å². The standard InChI is InChI=1S/C17H25N3/c1-4-12-18-16(17-11-13-19-20(17)3)10-9-15-7-5-14(2)6-8-15/h5-8,11,13,16,18H,4,9-10,12H2,1-3H3. The zero-order chi connectivity index (χ0) is 14.4. The van der Waals surface area contributed by atoms with Gasteiger partial charge in [-0.05, 0) is 44.4 Å². The molecule has 2 aromatic rings. The molecule has 1 aromatic carbocycles. The summed E-state index contributed by atoms with van der Waals surface area (Å²) in [6.45, 7) is 5.38. The highest BCUT2D eigenvalue weighted by atomic mass is 15.3. The van der Waals surface area contributed by atoms with Crippen LogP contribution in [0, 0.1) is 6.92 Å². The molecule has 3 heteroatoms. The maximum atomic E-state index is 4.29. The normalized spacial score (nSPS) is 12.6. The predicted octanol–water partition coefficient (Wildman–Crippen LogP) is 3.40. The summed E-state index contributed by atoms with van der Waals surface area (Å²) in [5.74, 6) is 0. The smallest absolute Gasteiger partial charge is 0.0550 e. The van der Waals surface area contributed by atoms with Crippen molar-refractivity contribution in [2.75, 3.05) is 6.54 Å². The van der Waals surface area contributed by atoms with E-state index in [0.717, 1.165) is 25.8 Å². The van der Waals surface area contributed by atoms with E-state index in [1.54, 1.807) is 0 Å². The highest BCUT2D eigenvalue weighted by Gasteiger charge is 2.14. The Hall–Kier alpha value is -1.61. The Labute approximate surface area is 122 Å². The van der Waals surface area contributed by atoms with Crippen LogP contribution in [0.5, 0.6) is 0 Å². The average Bonchev–Trinajstić information content (AvgIpc) is 2.87. The molecule has 0 aliphatic rings. The van der Waals surface area contributed by atoms with Crippen molar-refractivity contribution in [2.24, 2.45) is 7.05 Å². The van der Waals surface area contributed by atoms with Gasteiger partial charge in [0.25, 0.3) is 0 Å². The minimum Gasteiger partial charge on any atom is -0.309 e. The summed E-state index contributed by atoms with van der Waals surface area (Å²) in [4.78, 5) is 0. The zero-order valence-corrected chi connectivity index (χ0v) is 12.8. The summed E-state index contributed by atoms with van der Waals surface area (Å²) in [5, 5.41) is 7.92. The van der Waals surface area contributed by atoms with E-state index < -0.39 is 0 Å². The maximum Gasteiger partial charge on any atom is 0.0550 e. The highest BCUT2D eigenvalue weighted by Crippen LogP contribution is 2.19. The number of hydrogen-bond donors (Lipinski definition) is 1. The van der Waals surface area contributed by atoms with Crippen LogP contribution in [0.3, 0.4) is 0 Å². The van der Waals surface area contributed by atoms with Crippen molar-refractivity contribution in [3.63, 3.8) is 0 Å². The second-order valence-corrected chi connectivity index (χ2v) is 5.41. The molecule has 0 radical (unpaired) electrons. The van der Waals surface area contributed by atoms with Gasteiger partial charge in [-0.3, -0.25) is 4.68 Å². The summed E-state index contributed by atoms with van der Waals surface area (Å²) >= 11 is 0. The summed E-state index contributed by atoms with van der Waals surface area (Å²) < 4.78 is 1.97. The van der Waals surface area contributed by atoms with Crippen LogP contribution in [0.2, 0.25) is 0 Å². The summed E-state index contributed by atoms with van der Waals surface area (Å²) in [5.41, 5.74) is 3.99. The molecule has 0 aliphatic carbocycles. The fraction of sp³-hybridized carbons (Fsp3) is 0.471. The van der Waals surface area contributed by atoms with Crippen LogP contribution in [0.25, 0.3) is 0 Å². The summed E-state index contributed by atoms with van der Waals surface area (Å²) in [7, 11) is 2.02. The first kappa shape index (κ1) is 14.8. The molecule has 0 spiro atoms. The topological polar surface area (TPSA) is 29.9 Å². The van der Waals surface area contributed by atoms with E-state index in [4.69, 9.17) is 0 Å². The van der Waals surface area contributed by atoms with Crippen molar-refractivity contribution >= 4 is 0 Å². The quantitative estimate of drug-likeness (QED) is 0.836. The van der Waals surface area contributed by atoms with Gasteiger partial charge in [-0.1, -0.05) is 36.8 Å². The number of hydrogen-bond acceptors (Lipinski definition) is 2. The molecule has 0 saturated heterocycles. The van der Waals surface area contributed by atoms with Crippen molar-refractivity contribution in [3.8, 4) is 0 Å². The lowest BCUT2D eigenvalue weighted by Gasteiger charge is -2.19. The Morgan fingerprint density at radius 1 is 1.20 bits per heavy atom. The molecule has 0 amide bonds. The Bertz CT molecular complexity index is 513. The van der Waals surface area contributed by atoms with E-state index in [-0.39, 0.29) is 0 Å².